The zero-order valence-corrected chi connectivity index (χ0v) is 20.9. The fourth-order valence-corrected chi connectivity index (χ4v) is 4.21. The number of benzene rings is 2. The predicted molar refractivity (Wildman–Crippen MR) is 126 cm³/mol. The maximum atomic E-state index is 14.0. The topological polar surface area (TPSA) is 47.9 Å². The molecule has 0 fully saturated rings. The first-order chi connectivity index (χ1) is 15.2. The average molecular weight is 565 g/mol. The lowest BCUT2D eigenvalue weighted by Gasteiger charge is -2.29. The predicted octanol–water partition coefficient (Wildman–Crippen LogP) is 7.96. The van der Waals surface area contributed by atoms with Gasteiger partial charge in [0.25, 0.3) is 5.60 Å². The molecule has 0 N–H and O–H groups in total. The smallest absolute Gasteiger partial charge is 0.435 e. The van der Waals surface area contributed by atoms with Gasteiger partial charge < -0.3 is 9.57 Å². The Morgan fingerprint density at radius 1 is 1.12 bits per heavy atom. The number of carbonyl (C=O) groups is 1. The summed E-state index contributed by atoms with van der Waals surface area (Å²) >= 11 is 15.1. The lowest BCUT2D eigenvalue weighted by Crippen LogP contribution is -2.42. The third kappa shape index (κ3) is 5.91. The maximum absolute atomic E-state index is 14.0. The molecule has 1 unspecified atom stereocenters. The highest BCUT2D eigenvalue weighted by molar-refractivity contribution is 9.10. The molecule has 176 valence electrons. The van der Waals surface area contributed by atoms with Gasteiger partial charge in [0.2, 0.25) is 0 Å². The molecule has 0 bridgehead atoms. The third-order valence-electron chi connectivity index (χ3n) is 4.62. The number of rotatable bonds is 4. The molecule has 1 aliphatic heterocycles. The monoisotopic (exact) mass is 563 g/mol. The fraction of sp³-hybridized carbons (Fsp3) is 0.304. The maximum Gasteiger partial charge on any atom is 0.435 e. The van der Waals surface area contributed by atoms with Gasteiger partial charge in [-0.1, -0.05) is 40.5 Å². The van der Waals surface area contributed by atoms with Crippen LogP contribution in [0.5, 0.6) is 0 Å². The van der Waals surface area contributed by atoms with Gasteiger partial charge in [-0.2, -0.15) is 13.2 Å². The van der Waals surface area contributed by atoms with E-state index in [1.807, 2.05) is 0 Å². The van der Waals surface area contributed by atoms with E-state index in [0.717, 1.165) is 12.1 Å². The molecule has 0 saturated heterocycles. The first-order valence-corrected chi connectivity index (χ1v) is 11.2. The van der Waals surface area contributed by atoms with Gasteiger partial charge in [0.15, 0.2) is 0 Å². The van der Waals surface area contributed by atoms with E-state index in [0.29, 0.717) is 15.6 Å². The van der Waals surface area contributed by atoms with Crippen molar-refractivity contribution in [2.45, 2.75) is 44.6 Å². The minimum atomic E-state index is -4.77. The summed E-state index contributed by atoms with van der Waals surface area (Å²) in [7, 11) is 0. The zero-order chi connectivity index (χ0) is 24.6. The van der Waals surface area contributed by atoms with E-state index in [-0.39, 0.29) is 21.3 Å². The number of hydrogen-bond donors (Lipinski definition) is 0. The Kier molecular flexibility index (Phi) is 7.22. The summed E-state index contributed by atoms with van der Waals surface area (Å²) in [4.78, 5) is 17.2. The van der Waals surface area contributed by atoms with Crippen LogP contribution in [0, 0.1) is 0 Å². The Morgan fingerprint density at radius 3 is 2.30 bits per heavy atom. The number of esters is 1. The summed E-state index contributed by atoms with van der Waals surface area (Å²) in [5, 5.41) is 3.77. The SMILES string of the molecule is CC(C)(C)OC(=O)c1ccc(C=CC2=NOC(c3cc(Cl)cc(Cl)c3)(C(F)(F)F)C2)cc1Br. The van der Waals surface area contributed by atoms with Gasteiger partial charge in [0, 0.05) is 26.5 Å². The fourth-order valence-electron chi connectivity index (χ4n) is 3.13. The van der Waals surface area contributed by atoms with Crippen LogP contribution < -0.4 is 0 Å². The Morgan fingerprint density at radius 2 is 1.76 bits per heavy atom. The van der Waals surface area contributed by atoms with Crippen LogP contribution in [0.3, 0.4) is 0 Å². The number of carbonyl (C=O) groups excluding carboxylic acids is 1. The molecule has 0 spiro atoms. The minimum absolute atomic E-state index is 0.0589. The van der Waals surface area contributed by atoms with Gasteiger partial charge in [-0.05, 0) is 78.7 Å². The molecule has 0 aliphatic carbocycles. The van der Waals surface area contributed by atoms with Crippen molar-refractivity contribution in [3.8, 4) is 0 Å². The minimum Gasteiger partial charge on any atom is -0.456 e. The van der Waals surface area contributed by atoms with E-state index < -0.39 is 29.8 Å². The van der Waals surface area contributed by atoms with Crippen molar-refractivity contribution in [3.05, 3.63) is 73.7 Å². The first-order valence-electron chi connectivity index (χ1n) is 9.69. The summed E-state index contributed by atoms with van der Waals surface area (Å²) < 4.78 is 47.9. The summed E-state index contributed by atoms with van der Waals surface area (Å²) in [6.07, 6.45) is -2.32. The highest BCUT2D eigenvalue weighted by Crippen LogP contribution is 2.49. The van der Waals surface area contributed by atoms with Crippen molar-refractivity contribution in [1.82, 2.24) is 0 Å². The van der Waals surface area contributed by atoms with Crippen molar-refractivity contribution < 1.29 is 27.5 Å². The van der Waals surface area contributed by atoms with E-state index >= 15 is 0 Å². The number of ether oxygens (including phenoxy) is 1. The van der Waals surface area contributed by atoms with Crippen LogP contribution in [0.25, 0.3) is 6.08 Å². The molecule has 2 aromatic carbocycles. The lowest BCUT2D eigenvalue weighted by molar-refractivity contribution is -0.275. The molecule has 4 nitrogen and oxygen atoms in total. The number of allylic oxidation sites excluding steroid dienone is 1. The molecule has 10 heteroatoms. The van der Waals surface area contributed by atoms with E-state index in [2.05, 4.69) is 21.1 Å². The van der Waals surface area contributed by atoms with Crippen molar-refractivity contribution in [1.29, 1.82) is 0 Å². The van der Waals surface area contributed by atoms with E-state index in [9.17, 15) is 18.0 Å². The molecular weight excluding hydrogens is 546 g/mol. The van der Waals surface area contributed by atoms with Crippen LogP contribution in [-0.2, 0) is 15.2 Å². The molecule has 1 heterocycles. The van der Waals surface area contributed by atoms with Gasteiger partial charge >= 0.3 is 12.1 Å². The van der Waals surface area contributed by atoms with Crippen LogP contribution in [0.15, 0.2) is 52.1 Å². The molecular formula is C23H19BrCl2F3NO3. The third-order valence-corrected chi connectivity index (χ3v) is 5.71. The van der Waals surface area contributed by atoms with Crippen LogP contribution in [0.4, 0.5) is 13.2 Å². The van der Waals surface area contributed by atoms with Crippen LogP contribution in [-0.4, -0.2) is 23.5 Å². The van der Waals surface area contributed by atoms with Gasteiger partial charge in [-0.3, -0.25) is 0 Å². The van der Waals surface area contributed by atoms with Crippen molar-refractivity contribution in [3.63, 3.8) is 0 Å². The van der Waals surface area contributed by atoms with Gasteiger partial charge in [0.05, 0.1) is 11.3 Å². The summed E-state index contributed by atoms with van der Waals surface area (Å²) in [6.45, 7) is 5.29. The number of nitrogens with zero attached hydrogens (tertiary/aromatic N) is 1. The van der Waals surface area contributed by atoms with E-state index in [1.165, 1.54) is 12.1 Å². The lowest BCUT2D eigenvalue weighted by atomic mass is 9.88. The van der Waals surface area contributed by atoms with Crippen LogP contribution >= 0.6 is 39.1 Å². The van der Waals surface area contributed by atoms with Gasteiger partial charge in [0.1, 0.15) is 5.60 Å². The molecule has 0 radical (unpaired) electrons. The standard InChI is InChI=1S/C23H19BrCl2F3NO3/c1-21(2,3)32-20(31)18-7-5-13(8-19(18)24)4-6-17-12-22(33-30-17,23(27,28)29)14-9-15(25)11-16(26)10-14/h4-11H,12H2,1-3H3. The van der Waals surface area contributed by atoms with Crippen LogP contribution in [0.2, 0.25) is 10.0 Å². The first kappa shape index (κ1) is 25.6. The molecule has 33 heavy (non-hydrogen) atoms. The second-order valence-electron chi connectivity index (χ2n) is 8.41. The molecule has 0 amide bonds. The van der Waals surface area contributed by atoms with Crippen LogP contribution in [0.1, 0.15) is 48.7 Å². The molecule has 0 aromatic heterocycles. The average Bonchev–Trinajstić information content (AvgIpc) is 3.10. The van der Waals surface area contributed by atoms with Crippen molar-refractivity contribution in [2.75, 3.05) is 0 Å². The largest absolute Gasteiger partial charge is 0.456 e. The van der Waals surface area contributed by atoms with Crippen molar-refractivity contribution in [2.24, 2.45) is 5.16 Å². The normalized spacial score (nSPS) is 18.9. The summed E-state index contributed by atoms with van der Waals surface area (Å²) in [6, 6.07) is 8.53. The Balaban J connectivity index is 1.81. The quantitative estimate of drug-likeness (QED) is 0.354. The number of halogens is 6. The summed E-state index contributed by atoms with van der Waals surface area (Å²) in [5.74, 6) is -0.492. The molecule has 3 rings (SSSR count). The van der Waals surface area contributed by atoms with E-state index in [1.54, 1.807) is 45.0 Å². The highest BCUT2D eigenvalue weighted by atomic mass is 79.9. The molecule has 1 atom stereocenters. The Labute approximate surface area is 207 Å². The second kappa shape index (κ2) is 9.31. The van der Waals surface area contributed by atoms with Gasteiger partial charge in [-0.25, -0.2) is 4.79 Å². The molecule has 0 saturated carbocycles. The molecule has 1 aliphatic rings. The van der Waals surface area contributed by atoms with Gasteiger partial charge in [-0.15, -0.1) is 0 Å². The van der Waals surface area contributed by atoms with Crippen molar-refractivity contribution >= 4 is 56.9 Å². The number of alkyl halides is 3. The Bertz CT molecular complexity index is 1120. The number of oxime groups is 1. The van der Waals surface area contributed by atoms with E-state index in [4.69, 9.17) is 32.8 Å². The number of hydrogen-bond acceptors (Lipinski definition) is 4. The second-order valence-corrected chi connectivity index (χ2v) is 10.1. The molecule has 2 aromatic rings. The Hall–Kier alpha value is -2.03. The summed E-state index contributed by atoms with van der Waals surface area (Å²) in [5.41, 5.74) is -2.53. The highest BCUT2D eigenvalue weighted by Gasteiger charge is 2.62. The zero-order valence-electron chi connectivity index (χ0n) is 17.8.